The van der Waals surface area contributed by atoms with Gasteiger partial charge in [-0.2, -0.15) is 0 Å². The predicted octanol–water partition coefficient (Wildman–Crippen LogP) is 5.39. The van der Waals surface area contributed by atoms with Crippen molar-refractivity contribution in [1.29, 1.82) is 0 Å². The summed E-state index contributed by atoms with van der Waals surface area (Å²) in [5.41, 5.74) is 2.37. The van der Waals surface area contributed by atoms with Crippen LogP contribution in [0.2, 0.25) is 0 Å². The molecule has 3 rings (SSSR count). The minimum absolute atomic E-state index is 0.283. The molecule has 0 radical (unpaired) electrons. The summed E-state index contributed by atoms with van der Waals surface area (Å²) in [7, 11) is 0. The Morgan fingerprint density at radius 1 is 0.964 bits per heavy atom. The van der Waals surface area contributed by atoms with Crippen molar-refractivity contribution in [1.82, 2.24) is 0 Å². The van der Waals surface area contributed by atoms with Crippen LogP contribution in [-0.4, -0.2) is 24.3 Å². The number of aliphatic carboxylic acids is 1. The van der Waals surface area contributed by atoms with Crippen LogP contribution in [0.4, 0.5) is 0 Å². The Balaban J connectivity index is 1.52. The molecule has 3 aromatic rings. The maximum absolute atomic E-state index is 11.5. The van der Waals surface area contributed by atoms with Gasteiger partial charge in [-0.15, -0.1) is 11.3 Å². The highest BCUT2D eigenvalue weighted by molar-refractivity contribution is 7.11. The normalized spacial score (nSPS) is 11.2. The van der Waals surface area contributed by atoms with E-state index in [1.54, 1.807) is 12.1 Å². The minimum atomic E-state index is -0.938. The van der Waals surface area contributed by atoms with Gasteiger partial charge in [-0.25, -0.2) is 4.79 Å². The molecule has 2 aromatic carbocycles. The smallest absolute Gasteiger partial charge is 0.337 e. The lowest BCUT2D eigenvalue weighted by Crippen LogP contribution is -2.08. The fourth-order valence-corrected chi connectivity index (χ4v) is 3.37. The zero-order chi connectivity index (χ0) is 19.8. The van der Waals surface area contributed by atoms with Gasteiger partial charge >= 0.3 is 5.97 Å². The van der Waals surface area contributed by atoms with Crippen LogP contribution in [-0.2, 0) is 11.2 Å². The predicted molar refractivity (Wildman–Crippen MR) is 113 cm³/mol. The minimum Gasteiger partial charge on any atom is -0.490 e. The van der Waals surface area contributed by atoms with Gasteiger partial charge in [0.1, 0.15) is 24.7 Å². The molecule has 0 saturated heterocycles. The van der Waals surface area contributed by atoms with E-state index in [1.807, 2.05) is 47.8 Å². The molecule has 0 bridgehead atoms. The molecular formula is C23H22O4S. The van der Waals surface area contributed by atoms with Crippen molar-refractivity contribution in [3.05, 3.63) is 82.0 Å². The largest absolute Gasteiger partial charge is 0.490 e. The molecule has 1 N–H and O–H groups in total. The van der Waals surface area contributed by atoms with Crippen LogP contribution in [0.5, 0.6) is 11.5 Å². The van der Waals surface area contributed by atoms with Crippen molar-refractivity contribution >= 4 is 29.0 Å². The number of thiophene rings is 1. The fourth-order valence-electron chi connectivity index (χ4n) is 2.64. The molecule has 0 atom stereocenters. The second kappa shape index (κ2) is 9.76. The highest BCUT2D eigenvalue weighted by Crippen LogP contribution is 2.24. The highest BCUT2D eigenvalue weighted by atomic mass is 32.1. The number of benzene rings is 2. The topological polar surface area (TPSA) is 55.8 Å². The summed E-state index contributed by atoms with van der Waals surface area (Å²) in [4.78, 5) is 12.2. The third-order valence-corrected chi connectivity index (χ3v) is 5.06. The van der Waals surface area contributed by atoms with E-state index in [-0.39, 0.29) is 5.57 Å². The lowest BCUT2D eigenvalue weighted by molar-refractivity contribution is -0.130. The number of carbonyl (C=O) groups is 1. The summed E-state index contributed by atoms with van der Waals surface area (Å²) in [5.74, 6) is 0.609. The SMILES string of the molecule is CCc1ccc(OCCOc2ccc(/C=C(/C(=O)O)c3cccs3)cc2)cc1. The second-order valence-corrected chi connectivity index (χ2v) is 7.05. The van der Waals surface area contributed by atoms with Gasteiger partial charge in [-0.05, 0) is 59.3 Å². The van der Waals surface area contributed by atoms with E-state index in [0.29, 0.717) is 13.2 Å². The molecule has 0 unspecified atom stereocenters. The molecule has 0 amide bonds. The van der Waals surface area contributed by atoms with Gasteiger partial charge in [0.05, 0.1) is 5.57 Å². The van der Waals surface area contributed by atoms with Crippen molar-refractivity contribution in [3.8, 4) is 11.5 Å². The quantitative estimate of drug-likeness (QED) is 0.390. The summed E-state index contributed by atoms with van der Waals surface area (Å²) >= 11 is 1.41. The third-order valence-electron chi connectivity index (χ3n) is 4.16. The van der Waals surface area contributed by atoms with Crippen LogP contribution >= 0.6 is 11.3 Å². The number of hydrogen-bond acceptors (Lipinski definition) is 4. The van der Waals surface area contributed by atoms with Gasteiger partial charge in [0.25, 0.3) is 0 Å². The Morgan fingerprint density at radius 3 is 2.07 bits per heavy atom. The first-order chi connectivity index (χ1) is 13.7. The molecule has 1 heterocycles. The lowest BCUT2D eigenvalue weighted by atomic mass is 10.1. The zero-order valence-electron chi connectivity index (χ0n) is 15.6. The van der Waals surface area contributed by atoms with Gasteiger partial charge in [0, 0.05) is 4.88 Å². The summed E-state index contributed by atoms with van der Waals surface area (Å²) in [6, 6.07) is 19.0. The molecule has 0 aliphatic heterocycles. The van der Waals surface area contributed by atoms with E-state index in [1.165, 1.54) is 16.9 Å². The van der Waals surface area contributed by atoms with E-state index >= 15 is 0 Å². The van der Waals surface area contributed by atoms with E-state index in [4.69, 9.17) is 9.47 Å². The van der Waals surface area contributed by atoms with Crippen molar-refractivity contribution in [3.63, 3.8) is 0 Å². The Hall–Kier alpha value is -3.05. The van der Waals surface area contributed by atoms with Crippen LogP contribution in [0.25, 0.3) is 11.6 Å². The Labute approximate surface area is 168 Å². The van der Waals surface area contributed by atoms with Crippen molar-refractivity contribution in [2.24, 2.45) is 0 Å². The average molecular weight is 394 g/mol. The Morgan fingerprint density at radius 2 is 1.57 bits per heavy atom. The number of hydrogen-bond donors (Lipinski definition) is 1. The van der Waals surface area contributed by atoms with Crippen molar-refractivity contribution < 1.29 is 19.4 Å². The standard InChI is InChI=1S/C23H22O4S/c1-2-17-5-9-19(10-6-17)26-13-14-27-20-11-7-18(8-12-20)16-21(23(24)25)22-4-3-15-28-22/h3-12,15-16H,2,13-14H2,1H3,(H,24,25)/b21-16+. The first-order valence-electron chi connectivity index (χ1n) is 9.09. The van der Waals surface area contributed by atoms with E-state index < -0.39 is 5.97 Å². The van der Waals surface area contributed by atoms with E-state index in [9.17, 15) is 9.90 Å². The summed E-state index contributed by atoms with van der Waals surface area (Å²) in [6.07, 6.45) is 2.68. The summed E-state index contributed by atoms with van der Waals surface area (Å²) < 4.78 is 11.4. The summed E-state index contributed by atoms with van der Waals surface area (Å²) in [6.45, 7) is 3.00. The number of carboxylic acid groups (broad SMARTS) is 1. The summed E-state index contributed by atoms with van der Waals surface area (Å²) in [5, 5.41) is 11.3. The molecule has 0 spiro atoms. The average Bonchev–Trinajstić information content (AvgIpc) is 3.25. The number of carboxylic acids is 1. The van der Waals surface area contributed by atoms with Gasteiger partial charge < -0.3 is 14.6 Å². The molecule has 0 fully saturated rings. The maximum Gasteiger partial charge on any atom is 0.337 e. The van der Waals surface area contributed by atoms with Gasteiger partial charge in [-0.3, -0.25) is 0 Å². The molecule has 0 aliphatic carbocycles. The molecule has 5 heteroatoms. The van der Waals surface area contributed by atoms with E-state index in [0.717, 1.165) is 28.4 Å². The maximum atomic E-state index is 11.5. The van der Waals surface area contributed by atoms with E-state index in [2.05, 4.69) is 19.1 Å². The molecular weight excluding hydrogens is 372 g/mol. The van der Waals surface area contributed by atoms with Crippen LogP contribution in [0.3, 0.4) is 0 Å². The molecule has 0 aliphatic rings. The fraction of sp³-hybridized carbons (Fsp3) is 0.174. The number of rotatable bonds is 9. The Kier molecular flexibility index (Phi) is 6.87. The number of ether oxygens (including phenoxy) is 2. The van der Waals surface area contributed by atoms with Crippen molar-refractivity contribution in [2.45, 2.75) is 13.3 Å². The lowest BCUT2D eigenvalue weighted by Gasteiger charge is -2.09. The Bertz CT molecular complexity index is 910. The van der Waals surface area contributed by atoms with Crippen LogP contribution in [0.1, 0.15) is 22.9 Å². The van der Waals surface area contributed by atoms with Gasteiger partial charge in [-0.1, -0.05) is 37.3 Å². The first kappa shape index (κ1) is 19.7. The highest BCUT2D eigenvalue weighted by Gasteiger charge is 2.11. The van der Waals surface area contributed by atoms with Crippen molar-refractivity contribution in [2.75, 3.05) is 13.2 Å². The third kappa shape index (κ3) is 5.47. The van der Waals surface area contributed by atoms with Crippen LogP contribution in [0.15, 0.2) is 66.0 Å². The first-order valence-corrected chi connectivity index (χ1v) is 9.97. The van der Waals surface area contributed by atoms with Gasteiger partial charge in [0.2, 0.25) is 0 Å². The molecule has 144 valence electrons. The van der Waals surface area contributed by atoms with Crippen LogP contribution < -0.4 is 9.47 Å². The number of aryl methyl sites for hydroxylation is 1. The van der Waals surface area contributed by atoms with Crippen LogP contribution in [0, 0.1) is 0 Å². The molecule has 0 saturated carbocycles. The zero-order valence-corrected chi connectivity index (χ0v) is 16.4. The molecule has 28 heavy (non-hydrogen) atoms. The molecule has 4 nitrogen and oxygen atoms in total. The monoisotopic (exact) mass is 394 g/mol. The molecule has 1 aromatic heterocycles. The van der Waals surface area contributed by atoms with Gasteiger partial charge in [0.15, 0.2) is 0 Å². The second-order valence-electron chi connectivity index (χ2n) is 6.10.